The van der Waals surface area contributed by atoms with E-state index in [0.717, 1.165) is 22.5 Å². The minimum absolute atomic E-state index is 0.0650. The number of rotatable bonds is 4. The van der Waals surface area contributed by atoms with E-state index in [1.165, 1.54) is 13.2 Å². The molecule has 0 bridgehead atoms. The Hall–Kier alpha value is -2.95. The second kappa shape index (κ2) is 6.89. The second-order valence-electron chi connectivity index (χ2n) is 5.84. The Morgan fingerprint density at radius 2 is 1.84 bits per heavy atom. The van der Waals surface area contributed by atoms with Crippen LogP contribution in [0, 0.1) is 19.7 Å². The monoisotopic (exact) mass is 338 g/mol. The van der Waals surface area contributed by atoms with Gasteiger partial charge in [-0.25, -0.2) is 9.18 Å². The van der Waals surface area contributed by atoms with Gasteiger partial charge >= 0.3 is 5.97 Å². The molecule has 1 heterocycles. The van der Waals surface area contributed by atoms with Crippen molar-refractivity contribution in [3.63, 3.8) is 0 Å². The maximum Gasteiger partial charge on any atom is 0.340 e. The Morgan fingerprint density at radius 1 is 1.12 bits per heavy atom. The van der Waals surface area contributed by atoms with E-state index >= 15 is 0 Å². The summed E-state index contributed by atoms with van der Waals surface area (Å²) in [4.78, 5) is 11.7. The number of aromatic nitrogens is 2. The van der Waals surface area contributed by atoms with Crippen molar-refractivity contribution >= 4 is 5.97 Å². The molecule has 0 saturated heterocycles. The van der Waals surface area contributed by atoms with Gasteiger partial charge < -0.3 is 4.74 Å². The summed E-state index contributed by atoms with van der Waals surface area (Å²) in [6, 6.07) is 14.7. The van der Waals surface area contributed by atoms with Crippen molar-refractivity contribution in [1.29, 1.82) is 0 Å². The van der Waals surface area contributed by atoms with Gasteiger partial charge in [0, 0.05) is 16.8 Å². The number of benzene rings is 2. The van der Waals surface area contributed by atoms with Crippen LogP contribution in [0.2, 0.25) is 0 Å². The molecule has 0 saturated carbocycles. The van der Waals surface area contributed by atoms with Gasteiger partial charge in [0.1, 0.15) is 5.82 Å². The first-order chi connectivity index (χ1) is 12.0. The van der Waals surface area contributed by atoms with E-state index in [9.17, 15) is 9.18 Å². The first-order valence-corrected chi connectivity index (χ1v) is 7.98. The van der Waals surface area contributed by atoms with E-state index in [-0.39, 0.29) is 12.1 Å². The molecular formula is C20H19FN2O2. The van der Waals surface area contributed by atoms with E-state index < -0.39 is 11.8 Å². The lowest BCUT2D eigenvalue weighted by Crippen LogP contribution is -2.10. The molecule has 0 N–H and O–H groups in total. The molecule has 1 aromatic heterocycles. The molecule has 5 heteroatoms. The number of methoxy groups -OCH3 is 1. The fourth-order valence-corrected chi connectivity index (χ4v) is 3.00. The molecule has 0 fully saturated rings. The number of esters is 1. The van der Waals surface area contributed by atoms with Crippen molar-refractivity contribution in [3.8, 4) is 11.1 Å². The lowest BCUT2D eigenvalue weighted by atomic mass is 10.0. The molecule has 0 unspecified atom stereocenters. The van der Waals surface area contributed by atoms with Crippen LogP contribution >= 0.6 is 0 Å². The van der Waals surface area contributed by atoms with Crippen LogP contribution in [-0.2, 0) is 11.3 Å². The summed E-state index contributed by atoms with van der Waals surface area (Å²) in [5.41, 5.74) is 4.29. The topological polar surface area (TPSA) is 44.1 Å². The molecule has 128 valence electrons. The van der Waals surface area contributed by atoms with Gasteiger partial charge in [0.15, 0.2) is 0 Å². The molecule has 4 nitrogen and oxygen atoms in total. The first kappa shape index (κ1) is 16.9. The van der Waals surface area contributed by atoms with E-state index in [1.807, 2.05) is 44.2 Å². The van der Waals surface area contributed by atoms with Crippen molar-refractivity contribution in [2.45, 2.75) is 20.4 Å². The lowest BCUT2D eigenvalue weighted by molar-refractivity contribution is 0.0595. The van der Waals surface area contributed by atoms with Crippen LogP contribution in [0.3, 0.4) is 0 Å². The number of halogens is 1. The summed E-state index contributed by atoms with van der Waals surface area (Å²) in [5, 5.41) is 4.55. The average Bonchev–Trinajstić information content (AvgIpc) is 2.90. The van der Waals surface area contributed by atoms with E-state index in [2.05, 4.69) is 9.84 Å². The number of ether oxygens (including phenoxy) is 1. The molecule has 0 amide bonds. The molecule has 25 heavy (non-hydrogen) atoms. The highest BCUT2D eigenvalue weighted by molar-refractivity contribution is 5.89. The Balaban J connectivity index is 1.99. The largest absolute Gasteiger partial charge is 0.465 e. The quantitative estimate of drug-likeness (QED) is 0.672. The van der Waals surface area contributed by atoms with Crippen LogP contribution in [0.5, 0.6) is 0 Å². The molecule has 0 radical (unpaired) electrons. The van der Waals surface area contributed by atoms with Gasteiger partial charge in [-0.15, -0.1) is 0 Å². The molecular weight excluding hydrogens is 319 g/mol. The fraction of sp³-hybridized carbons (Fsp3) is 0.200. The normalized spacial score (nSPS) is 10.7. The third-order valence-corrected chi connectivity index (χ3v) is 4.25. The fourth-order valence-electron chi connectivity index (χ4n) is 3.00. The van der Waals surface area contributed by atoms with Crippen LogP contribution in [0.25, 0.3) is 11.1 Å². The molecule has 3 rings (SSSR count). The van der Waals surface area contributed by atoms with Crippen molar-refractivity contribution in [1.82, 2.24) is 9.78 Å². The van der Waals surface area contributed by atoms with Crippen molar-refractivity contribution in [2.75, 3.05) is 7.11 Å². The van der Waals surface area contributed by atoms with Crippen LogP contribution in [0.1, 0.15) is 27.3 Å². The second-order valence-corrected chi connectivity index (χ2v) is 5.84. The minimum Gasteiger partial charge on any atom is -0.465 e. The summed E-state index contributed by atoms with van der Waals surface area (Å²) in [6.45, 7) is 4.15. The number of nitrogens with zero attached hydrogens (tertiary/aromatic N) is 2. The zero-order valence-corrected chi connectivity index (χ0v) is 14.4. The molecule has 0 atom stereocenters. The van der Waals surface area contributed by atoms with Crippen molar-refractivity contribution < 1.29 is 13.9 Å². The minimum atomic E-state index is -0.683. The third-order valence-electron chi connectivity index (χ3n) is 4.25. The van der Waals surface area contributed by atoms with E-state index in [1.54, 1.807) is 16.8 Å². The summed E-state index contributed by atoms with van der Waals surface area (Å²) in [7, 11) is 1.24. The summed E-state index contributed by atoms with van der Waals surface area (Å²) in [6.07, 6.45) is 0. The number of hydrogen-bond acceptors (Lipinski definition) is 3. The smallest absolute Gasteiger partial charge is 0.340 e. The number of carbonyl (C=O) groups excluding carboxylic acids is 1. The lowest BCUT2D eigenvalue weighted by Gasteiger charge is -2.09. The Bertz CT molecular complexity index is 917. The standard InChI is InChI=1S/C20H19FN2O2/c1-13-18(15-8-5-4-6-9-15)14(2)23(22-13)12-16-10-7-11-17(19(16)21)20(24)25-3/h4-11H,12H2,1-3H3. The van der Waals surface area contributed by atoms with E-state index in [4.69, 9.17) is 0 Å². The van der Waals surface area contributed by atoms with Gasteiger partial charge in [-0.3, -0.25) is 4.68 Å². The summed E-state index contributed by atoms with van der Waals surface area (Å²) >= 11 is 0. The highest BCUT2D eigenvalue weighted by Gasteiger charge is 2.18. The summed E-state index contributed by atoms with van der Waals surface area (Å²) < 4.78 is 21.0. The van der Waals surface area contributed by atoms with Crippen LogP contribution in [0.15, 0.2) is 48.5 Å². The summed E-state index contributed by atoms with van der Waals surface area (Å²) in [5.74, 6) is -1.25. The number of carbonyl (C=O) groups is 1. The average molecular weight is 338 g/mol. The Labute approximate surface area is 145 Å². The highest BCUT2D eigenvalue weighted by atomic mass is 19.1. The van der Waals surface area contributed by atoms with Gasteiger partial charge in [-0.1, -0.05) is 42.5 Å². The molecule has 2 aromatic carbocycles. The Morgan fingerprint density at radius 3 is 2.52 bits per heavy atom. The zero-order valence-electron chi connectivity index (χ0n) is 14.4. The number of aryl methyl sites for hydroxylation is 1. The third kappa shape index (κ3) is 3.18. The van der Waals surface area contributed by atoms with E-state index in [0.29, 0.717) is 5.56 Å². The highest BCUT2D eigenvalue weighted by Crippen LogP contribution is 2.27. The molecule has 0 aliphatic carbocycles. The van der Waals surface area contributed by atoms with Gasteiger partial charge in [-0.2, -0.15) is 5.10 Å². The van der Waals surface area contributed by atoms with Gasteiger partial charge in [0.2, 0.25) is 0 Å². The Kier molecular flexibility index (Phi) is 4.65. The molecule has 3 aromatic rings. The van der Waals surface area contributed by atoms with Gasteiger partial charge in [0.25, 0.3) is 0 Å². The van der Waals surface area contributed by atoms with Crippen LogP contribution in [-0.4, -0.2) is 22.9 Å². The molecule has 0 spiro atoms. The maximum absolute atomic E-state index is 14.6. The van der Waals surface area contributed by atoms with Crippen LogP contribution in [0.4, 0.5) is 4.39 Å². The zero-order chi connectivity index (χ0) is 18.0. The number of hydrogen-bond donors (Lipinski definition) is 0. The van der Waals surface area contributed by atoms with Gasteiger partial charge in [0.05, 0.1) is 24.9 Å². The van der Waals surface area contributed by atoms with Crippen molar-refractivity contribution in [2.24, 2.45) is 0 Å². The molecule has 0 aliphatic heterocycles. The van der Waals surface area contributed by atoms with Gasteiger partial charge in [-0.05, 0) is 25.5 Å². The maximum atomic E-state index is 14.6. The predicted molar refractivity (Wildman–Crippen MR) is 94.0 cm³/mol. The molecule has 0 aliphatic rings. The SMILES string of the molecule is COC(=O)c1cccc(Cn2nc(C)c(-c3ccccc3)c2C)c1F. The van der Waals surface area contributed by atoms with Crippen LogP contribution < -0.4 is 0 Å². The first-order valence-electron chi connectivity index (χ1n) is 7.98. The van der Waals surface area contributed by atoms with Crippen molar-refractivity contribution in [3.05, 3.63) is 76.9 Å². The predicted octanol–water partition coefficient (Wildman–Crippen LogP) is 4.14.